The number of amides is 1. The van der Waals surface area contributed by atoms with Crippen LogP contribution in [-0.2, 0) is 11.2 Å². The van der Waals surface area contributed by atoms with Crippen LogP contribution in [0.25, 0.3) is 5.69 Å². The molecular weight excluding hydrogens is 472 g/mol. The molecule has 0 saturated carbocycles. The van der Waals surface area contributed by atoms with E-state index < -0.39 is 11.2 Å². The van der Waals surface area contributed by atoms with Crippen molar-refractivity contribution in [3.8, 4) is 17.2 Å². The van der Waals surface area contributed by atoms with Crippen LogP contribution < -0.4 is 26.0 Å². The Kier molecular flexibility index (Phi) is 6.35. The zero-order chi connectivity index (χ0) is 24.2. The summed E-state index contributed by atoms with van der Waals surface area (Å²) < 4.78 is 12.9. The molecule has 0 spiro atoms. The van der Waals surface area contributed by atoms with Gasteiger partial charge in [-0.3, -0.25) is 19.1 Å². The summed E-state index contributed by atoms with van der Waals surface area (Å²) in [7, 11) is 0. The molecule has 1 amide bonds. The molecular formula is C23H20N6O5S. The third-order valence-electron chi connectivity index (χ3n) is 5.04. The lowest BCUT2D eigenvalue weighted by molar-refractivity contribution is -0.113. The van der Waals surface area contributed by atoms with E-state index in [0.29, 0.717) is 47.1 Å². The molecule has 1 aliphatic rings. The van der Waals surface area contributed by atoms with Gasteiger partial charge in [0.1, 0.15) is 19.0 Å². The van der Waals surface area contributed by atoms with Gasteiger partial charge in [-0.15, -0.1) is 10.2 Å². The van der Waals surface area contributed by atoms with E-state index in [4.69, 9.17) is 9.47 Å². The summed E-state index contributed by atoms with van der Waals surface area (Å²) in [5.74, 6) is 1.60. The molecule has 11 nitrogen and oxygen atoms in total. The zero-order valence-electron chi connectivity index (χ0n) is 18.3. The highest BCUT2D eigenvalue weighted by Crippen LogP contribution is 2.32. The Bertz CT molecular complexity index is 1450. The molecule has 0 saturated heterocycles. The largest absolute Gasteiger partial charge is 0.486 e. The molecule has 0 radical (unpaired) electrons. The molecule has 5 rings (SSSR count). The van der Waals surface area contributed by atoms with Crippen LogP contribution in [0.15, 0.2) is 69.3 Å². The average Bonchev–Trinajstić information content (AvgIpc) is 3.25. The van der Waals surface area contributed by atoms with Crippen LogP contribution >= 0.6 is 11.8 Å². The number of carbonyl (C=O) groups excluding carboxylic acids is 1. The topological polar surface area (TPSA) is 144 Å². The van der Waals surface area contributed by atoms with Gasteiger partial charge in [-0.25, -0.2) is 4.79 Å². The van der Waals surface area contributed by atoms with Gasteiger partial charge < -0.3 is 19.8 Å². The number of H-pyrrole nitrogens is 2. The predicted octanol–water partition coefficient (Wildman–Crippen LogP) is 1.74. The number of anilines is 1. The smallest absolute Gasteiger partial charge is 0.325 e. The third-order valence-corrected chi connectivity index (χ3v) is 5.97. The van der Waals surface area contributed by atoms with Crippen molar-refractivity contribution < 1.29 is 14.3 Å². The number of ether oxygens (including phenoxy) is 2. The van der Waals surface area contributed by atoms with Crippen molar-refractivity contribution >= 4 is 23.4 Å². The SMILES string of the molecule is O=C(CSc1nnc(Cc2cc(=O)[nH]c(=O)[nH]2)n1-c1ccccc1)Nc1ccc2c(c1)OCCO2. The minimum absolute atomic E-state index is 0.0846. The van der Waals surface area contributed by atoms with Crippen molar-refractivity contribution in [1.29, 1.82) is 0 Å². The molecule has 178 valence electrons. The van der Waals surface area contributed by atoms with Gasteiger partial charge in [0.15, 0.2) is 16.7 Å². The number of fused-ring (bicyclic) bond motifs is 1. The summed E-state index contributed by atoms with van der Waals surface area (Å²) in [6.07, 6.45) is 0.172. The number of hydrogen-bond acceptors (Lipinski definition) is 8. The number of benzene rings is 2. The second kappa shape index (κ2) is 9.89. The molecule has 0 unspecified atom stereocenters. The van der Waals surface area contributed by atoms with E-state index in [0.717, 1.165) is 5.69 Å². The molecule has 1 aliphatic heterocycles. The van der Waals surface area contributed by atoms with E-state index in [1.807, 2.05) is 30.3 Å². The Morgan fingerprint density at radius 3 is 2.60 bits per heavy atom. The molecule has 12 heteroatoms. The summed E-state index contributed by atoms with van der Waals surface area (Å²) >= 11 is 1.22. The van der Waals surface area contributed by atoms with Gasteiger partial charge in [-0.1, -0.05) is 30.0 Å². The van der Waals surface area contributed by atoms with Crippen LogP contribution in [0.1, 0.15) is 11.5 Å². The standard InChI is InChI=1S/C23H20N6O5S/c30-20-12-15(25-22(32)26-20)11-19-27-28-23(29(19)16-4-2-1-3-5-16)35-13-21(31)24-14-6-7-17-18(10-14)34-9-8-33-17/h1-7,10,12H,8-9,11,13H2,(H,24,31)(H2,25,26,30,32). The van der Waals surface area contributed by atoms with Crippen LogP contribution in [0.2, 0.25) is 0 Å². The summed E-state index contributed by atoms with van der Waals surface area (Å²) in [6.45, 7) is 0.958. The first-order valence-electron chi connectivity index (χ1n) is 10.7. The van der Waals surface area contributed by atoms with Gasteiger partial charge in [0.2, 0.25) is 5.91 Å². The lowest BCUT2D eigenvalue weighted by atomic mass is 10.2. The maximum Gasteiger partial charge on any atom is 0.325 e. The monoisotopic (exact) mass is 492 g/mol. The first-order valence-corrected chi connectivity index (χ1v) is 11.7. The van der Waals surface area contributed by atoms with Crippen LogP contribution in [0.5, 0.6) is 11.5 Å². The summed E-state index contributed by atoms with van der Waals surface area (Å²) in [4.78, 5) is 40.7. The fraction of sp³-hybridized carbons (Fsp3) is 0.174. The molecule has 2 aromatic carbocycles. The van der Waals surface area contributed by atoms with Crippen molar-refractivity contribution in [3.05, 3.63) is 87.0 Å². The van der Waals surface area contributed by atoms with Crippen LogP contribution in [0.4, 0.5) is 5.69 Å². The number of aromatic nitrogens is 5. The number of hydrogen-bond donors (Lipinski definition) is 3. The lowest BCUT2D eigenvalue weighted by Gasteiger charge is -2.19. The molecule has 3 heterocycles. The number of thioether (sulfide) groups is 1. The molecule has 35 heavy (non-hydrogen) atoms. The van der Waals surface area contributed by atoms with E-state index in [1.54, 1.807) is 22.8 Å². The lowest BCUT2D eigenvalue weighted by Crippen LogP contribution is -2.23. The number of nitrogens with one attached hydrogen (secondary N) is 3. The van der Waals surface area contributed by atoms with Crippen LogP contribution in [0, 0.1) is 0 Å². The Labute approximate surface area is 202 Å². The zero-order valence-corrected chi connectivity index (χ0v) is 19.1. The highest BCUT2D eigenvalue weighted by molar-refractivity contribution is 7.99. The fourth-order valence-electron chi connectivity index (χ4n) is 3.58. The molecule has 4 aromatic rings. The molecule has 3 N–H and O–H groups in total. The van der Waals surface area contributed by atoms with Crippen molar-refractivity contribution in [3.63, 3.8) is 0 Å². The Hall–Kier alpha value is -4.32. The predicted molar refractivity (Wildman–Crippen MR) is 129 cm³/mol. The van der Waals surface area contributed by atoms with Gasteiger partial charge >= 0.3 is 5.69 Å². The van der Waals surface area contributed by atoms with Gasteiger partial charge in [0.25, 0.3) is 5.56 Å². The number of nitrogens with zero attached hydrogens (tertiary/aromatic N) is 3. The first-order chi connectivity index (χ1) is 17.0. The maximum absolute atomic E-state index is 12.6. The number of rotatable bonds is 7. The average molecular weight is 493 g/mol. The van der Waals surface area contributed by atoms with Gasteiger partial charge in [-0.2, -0.15) is 0 Å². The molecule has 0 atom stereocenters. The normalized spacial score (nSPS) is 12.3. The van der Waals surface area contributed by atoms with E-state index in [1.165, 1.54) is 17.8 Å². The van der Waals surface area contributed by atoms with E-state index in [9.17, 15) is 14.4 Å². The van der Waals surface area contributed by atoms with E-state index in [-0.39, 0.29) is 18.1 Å². The second-order valence-electron chi connectivity index (χ2n) is 7.55. The van der Waals surface area contributed by atoms with Crippen molar-refractivity contribution in [2.75, 3.05) is 24.3 Å². The minimum Gasteiger partial charge on any atom is -0.486 e. The van der Waals surface area contributed by atoms with Gasteiger partial charge in [-0.05, 0) is 24.3 Å². The van der Waals surface area contributed by atoms with Gasteiger partial charge in [0.05, 0.1) is 5.75 Å². The summed E-state index contributed by atoms with van der Waals surface area (Å²) in [5, 5.41) is 11.9. The Balaban J connectivity index is 1.34. The number of aromatic amines is 2. The Morgan fingerprint density at radius 1 is 1.00 bits per heavy atom. The highest BCUT2D eigenvalue weighted by Gasteiger charge is 2.18. The summed E-state index contributed by atoms with van der Waals surface area (Å²) in [5.41, 5.74) is 0.692. The van der Waals surface area contributed by atoms with Crippen LogP contribution in [0.3, 0.4) is 0 Å². The molecule has 0 bridgehead atoms. The van der Waals surface area contributed by atoms with Crippen LogP contribution in [-0.4, -0.2) is 49.6 Å². The van der Waals surface area contributed by atoms with E-state index >= 15 is 0 Å². The Morgan fingerprint density at radius 2 is 1.80 bits per heavy atom. The molecule has 0 fully saturated rings. The molecule has 0 aliphatic carbocycles. The fourth-order valence-corrected chi connectivity index (χ4v) is 4.35. The van der Waals surface area contributed by atoms with Gasteiger partial charge in [0, 0.05) is 35.6 Å². The first kappa shape index (κ1) is 22.5. The maximum atomic E-state index is 12.6. The summed E-state index contributed by atoms with van der Waals surface area (Å²) in [6, 6.07) is 15.9. The minimum atomic E-state index is -0.594. The van der Waals surface area contributed by atoms with Crippen molar-refractivity contribution in [2.24, 2.45) is 0 Å². The molecule has 2 aromatic heterocycles. The van der Waals surface area contributed by atoms with Crippen molar-refractivity contribution in [1.82, 2.24) is 24.7 Å². The number of para-hydroxylation sites is 1. The second-order valence-corrected chi connectivity index (χ2v) is 8.50. The van der Waals surface area contributed by atoms with E-state index in [2.05, 4.69) is 25.5 Å². The highest BCUT2D eigenvalue weighted by atomic mass is 32.2. The number of carbonyl (C=O) groups is 1. The third kappa shape index (κ3) is 5.27. The quantitative estimate of drug-likeness (QED) is 0.331. The van der Waals surface area contributed by atoms with Crippen molar-refractivity contribution in [2.45, 2.75) is 11.6 Å².